The summed E-state index contributed by atoms with van der Waals surface area (Å²) in [4.78, 5) is 15.5. The summed E-state index contributed by atoms with van der Waals surface area (Å²) in [6.45, 7) is 5.05. The van der Waals surface area contributed by atoms with Gasteiger partial charge in [-0.15, -0.1) is 5.10 Å². The van der Waals surface area contributed by atoms with Gasteiger partial charge in [0.05, 0.1) is 17.4 Å². The minimum Gasteiger partial charge on any atom is -0.460 e. The van der Waals surface area contributed by atoms with Crippen LogP contribution in [0.3, 0.4) is 0 Å². The number of nitrogens with zero attached hydrogens (tertiary/aromatic N) is 3. The standard InChI is InChI=1S/C20H19F3N4O2/c1-12(2)29-19-25-18(14-4-6-15(7-5-14)20(21,22)23)27(26-19)17-10-8-16(9-11-17)24-13(3)28/h4-12H,1-3H3,(H,24,28). The van der Waals surface area contributed by atoms with Crippen molar-refractivity contribution in [3.05, 3.63) is 54.1 Å². The van der Waals surface area contributed by atoms with Gasteiger partial charge in [-0.2, -0.15) is 18.2 Å². The number of alkyl halides is 3. The second-order valence-electron chi connectivity index (χ2n) is 6.60. The van der Waals surface area contributed by atoms with Crippen LogP contribution in [0.2, 0.25) is 0 Å². The van der Waals surface area contributed by atoms with Crippen molar-refractivity contribution in [3.8, 4) is 23.1 Å². The highest BCUT2D eigenvalue weighted by molar-refractivity contribution is 5.88. The summed E-state index contributed by atoms with van der Waals surface area (Å²) in [5, 5.41) is 7.00. The fraction of sp³-hybridized carbons (Fsp3) is 0.250. The predicted molar refractivity (Wildman–Crippen MR) is 102 cm³/mol. The number of amides is 1. The van der Waals surface area contributed by atoms with Gasteiger partial charge in [-0.1, -0.05) is 12.1 Å². The van der Waals surface area contributed by atoms with Crippen LogP contribution in [0.25, 0.3) is 17.1 Å². The Bertz CT molecular complexity index is 994. The number of rotatable bonds is 5. The van der Waals surface area contributed by atoms with E-state index in [0.717, 1.165) is 12.1 Å². The van der Waals surface area contributed by atoms with Crippen molar-refractivity contribution < 1.29 is 22.7 Å². The molecule has 1 aromatic heterocycles. The molecule has 0 aliphatic rings. The van der Waals surface area contributed by atoms with E-state index in [4.69, 9.17) is 4.74 Å². The zero-order valence-electron chi connectivity index (χ0n) is 16.0. The van der Waals surface area contributed by atoms with Crippen LogP contribution < -0.4 is 10.1 Å². The molecule has 0 aliphatic carbocycles. The summed E-state index contributed by atoms with van der Waals surface area (Å²) in [7, 11) is 0. The molecular weight excluding hydrogens is 385 g/mol. The lowest BCUT2D eigenvalue weighted by molar-refractivity contribution is -0.137. The van der Waals surface area contributed by atoms with Gasteiger partial charge in [-0.25, -0.2) is 4.68 Å². The second-order valence-corrected chi connectivity index (χ2v) is 6.60. The molecule has 0 saturated heterocycles. The third-order valence-corrected chi connectivity index (χ3v) is 3.83. The number of anilines is 1. The number of carbonyl (C=O) groups excluding carboxylic acids is 1. The number of aromatic nitrogens is 3. The monoisotopic (exact) mass is 404 g/mol. The van der Waals surface area contributed by atoms with E-state index < -0.39 is 11.7 Å². The first-order valence-electron chi connectivity index (χ1n) is 8.83. The molecule has 0 unspecified atom stereocenters. The van der Waals surface area contributed by atoms with Crippen LogP contribution in [0.15, 0.2) is 48.5 Å². The summed E-state index contributed by atoms with van der Waals surface area (Å²) < 4.78 is 45.6. The van der Waals surface area contributed by atoms with Gasteiger partial charge in [0.25, 0.3) is 0 Å². The Kier molecular flexibility index (Phi) is 5.58. The first-order valence-corrected chi connectivity index (χ1v) is 8.83. The highest BCUT2D eigenvalue weighted by Gasteiger charge is 2.30. The van der Waals surface area contributed by atoms with E-state index in [1.165, 1.54) is 23.7 Å². The van der Waals surface area contributed by atoms with Crippen LogP contribution >= 0.6 is 0 Å². The van der Waals surface area contributed by atoms with Crippen LogP contribution in [0.4, 0.5) is 18.9 Å². The highest BCUT2D eigenvalue weighted by Crippen LogP contribution is 2.31. The number of halogens is 3. The van der Waals surface area contributed by atoms with Gasteiger partial charge in [0.1, 0.15) is 0 Å². The van der Waals surface area contributed by atoms with Crippen molar-refractivity contribution in [2.75, 3.05) is 5.32 Å². The number of nitrogens with one attached hydrogen (secondary N) is 1. The Balaban J connectivity index is 2.02. The van der Waals surface area contributed by atoms with Crippen LogP contribution in [0.1, 0.15) is 26.3 Å². The molecule has 0 aliphatic heterocycles. The van der Waals surface area contributed by atoms with Crippen molar-refractivity contribution >= 4 is 11.6 Å². The smallest absolute Gasteiger partial charge is 0.416 e. The van der Waals surface area contributed by atoms with Crippen molar-refractivity contribution in [1.82, 2.24) is 14.8 Å². The number of hydrogen-bond acceptors (Lipinski definition) is 4. The van der Waals surface area contributed by atoms with Gasteiger partial charge in [0.15, 0.2) is 5.82 Å². The Morgan fingerprint density at radius 3 is 2.21 bits per heavy atom. The lowest BCUT2D eigenvalue weighted by Gasteiger charge is -2.09. The lowest BCUT2D eigenvalue weighted by atomic mass is 10.1. The molecule has 3 aromatic rings. The number of ether oxygens (including phenoxy) is 1. The summed E-state index contributed by atoms with van der Waals surface area (Å²) in [6, 6.07) is 11.6. The van der Waals surface area contributed by atoms with Gasteiger partial charge < -0.3 is 10.1 Å². The number of hydrogen-bond donors (Lipinski definition) is 1. The fourth-order valence-electron chi connectivity index (χ4n) is 2.62. The third kappa shape index (κ3) is 4.92. The summed E-state index contributed by atoms with van der Waals surface area (Å²) in [6.07, 6.45) is -4.59. The molecule has 0 spiro atoms. The topological polar surface area (TPSA) is 69.0 Å². The number of benzene rings is 2. The molecule has 3 rings (SSSR count). The minimum absolute atomic E-state index is 0.112. The maximum Gasteiger partial charge on any atom is 0.416 e. The normalized spacial score (nSPS) is 11.6. The van der Waals surface area contributed by atoms with E-state index in [0.29, 0.717) is 22.8 Å². The largest absolute Gasteiger partial charge is 0.460 e. The van der Waals surface area contributed by atoms with E-state index in [-0.39, 0.29) is 18.0 Å². The second kappa shape index (κ2) is 7.94. The molecule has 0 saturated carbocycles. The molecule has 1 amide bonds. The van der Waals surface area contributed by atoms with Crippen LogP contribution in [-0.4, -0.2) is 26.8 Å². The molecular formula is C20H19F3N4O2. The van der Waals surface area contributed by atoms with Crippen LogP contribution in [0.5, 0.6) is 6.01 Å². The Labute approximate surface area is 165 Å². The highest BCUT2D eigenvalue weighted by atomic mass is 19.4. The maximum atomic E-state index is 12.9. The summed E-state index contributed by atoms with van der Waals surface area (Å²) >= 11 is 0. The van der Waals surface area contributed by atoms with Gasteiger partial charge >= 0.3 is 12.2 Å². The lowest BCUT2D eigenvalue weighted by Crippen LogP contribution is -2.07. The third-order valence-electron chi connectivity index (χ3n) is 3.83. The quantitative estimate of drug-likeness (QED) is 0.669. The van der Waals surface area contributed by atoms with Gasteiger partial charge in [0, 0.05) is 18.2 Å². The molecule has 1 heterocycles. The Morgan fingerprint density at radius 1 is 1.07 bits per heavy atom. The van der Waals surface area contributed by atoms with Crippen molar-refractivity contribution in [3.63, 3.8) is 0 Å². The van der Waals surface area contributed by atoms with Gasteiger partial charge in [-0.3, -0.25) is 4.79 Å². The zero-order chi connectivity index (χ0) is 21.2. The van der Waals surface area contributed by atoms with Crippen LogP contribution in [0, 0.1) is 0 Å². The molecule has 0 atom stereocenters. The van der Waals surface area contributed by atoms with E-state index in [9.17, 15) is 18.0 Å². The molecule has 0 fully saturated rings. The predicted octanol–water partition coefficient (Wildman–Crippen LogP) is 4.70. The van der Waals surface area contributed by atoms with E-state index in [2.05, 4.69) is 15.4 Å². The van der Waals surface area contributed by atoms with E-state index in [1.807, 2.05) is 13.8 Å². The van der Waals surface area contributed by atoms with E-state index >= 15 is 0 Å². The first-order chi connectivity index (χ1) is 13.6. The molecule has 0 radical (unpaired) electrons. The molecule has 0 bridgehead atoms. The molecule has 1 N–H and O–H groups in total. The van der Waals surface area contributed by atoms with Crippen molar-refractivity contribution in [2.24, 2.45) is 0 Å². The number of carbonyl (C=O) groups is 1. The fourth-order valence-corrected chi connectivity index (χ4v) is 2.62. The van der Waals surface area contributed by atoms with Gasteiger partial charge in [0.2, 0.25) is 5.91 Å². The average Bonchev–Trinajstić information content (AvgIpc) is 3.04. The zero-order valence-corrected chi connectivity index (χ0v) is 16.0. The first kappa shape index (κ1) is 20.4. The van der Waals surface area contributed by atoms with Crippen LogP contribution in [-0.2, 0) is 11.0 Å². The summed E-state index contributed by atoms with van der Waals surface area (Å²) in [5.41, 5.74) is 0.928. The van der Waals surface area contributed by atoms with Crippen molar-refractivity contribution in [1.29, 1.82) is 0 Å². The average molecular weight is 404 g/mol. The maximum absolute atomic E-state index is 12.9. The Morgan fingerprint density at radius 2 is 1.69 bits per heavy atom. The van der Waals surface area contributed by atoms with E-state index in [1.54, 1.807) is 24.3 Å². The molecule has 152 valence electrons. The Hall–Kier alpha value is -3.36. The molecule has 9 heteroatoms. The summed E-state index contributed by atoms with van der Waals surface area (Å²) in [5.74, 6) is 0.137. The minimum atomic E-state index is -4.42. The van der Waals surface area contributed by atoms with Crippen molar-refractivity contribution in [2.45, 2.75) is 33.1 Å². The molecule has 2 aromatic carbocycles. The molecule has 29 heavy (non-hydrogen) atoms. The molecule has 6 nitrogen and oxygen atoms in total. The van der Waals surface area contributed by atoms with Gasteiger partial charge in [-0.05, 0) is 50.2 Å². The SMILES string of the molecule is CC(=O)Nc1ccc(-n2nc(OC(C)C)nc2-c2ccc(C(F)(F)F)cc2)cc1.